The molecule has 13 heteroatoms. The van der Waals surface area contributed by atoms with Crippen LogP contribution in [0.2, 0.25) is 0 Å². The second-order valence-electron chi connectivity index (χ2n) is 0.714. The van der Waals surface area contributed by atoms with Crippen LogP contribution < -0.4 is 0 Å². The average Bonchev–Trinajstić information content (AvgIpc) is 1.54. The topological polar surface area (TPSA) is 190 Å². The second-order valence-corrected chi connectivity index (χ2v) is 0.714. The standard InChI is InChI=1S/La.3HNO3/c;3*2-1(3)4/h;3*(H,2,3,4). The van der Waals surface area contributed by atoms with Gasteiger partial charge in [-0.3, -0.25) is 0 Å². The molecule has 0 aromatic carbocycles. The minimum atomic E-state index is -1.50. The Morgan fingerprint density at radius 3 is 0.692 bits per heavy atom. The Labute approximate surface area is 96.7 Å². The molecule has 0 spiro atoms. The van der Waals surface area contributed by atoms with Gasteiger partial charge in [-0.05, 0) is 0 Å². The van der Waals surface area contributed by atoms with E-state index in [2.05, 4.69) is 0 Å². The minimum Gasteiger partial charge on any atom is -0.328 e. The molecule has 0 atom stereocenters. The van der Waals surface area contributed by atoms with Crippen molar-refractivity contribution >= 4 is 0 Å². The maximum absolute atomic E-state index is 8.36. The van der Waals surface area contributed by atoms with Gasteiger partial charge < -0.3 is 15.6 Å². The molecule has 0 aliphatic carbocycles. The average molecular weight is 328 g/mol. The number of rotatable bonds is 0. The summed E-state index contributed by atoms with van der Waals surface area (Å²) in [7, 11) is 0. The fourth-order valence-electron chi connectivity index (χ4n) is 0. The number of nitrogens with zero attached hydrogens (tertiary/aromatic N) is 3. The Balaban J connectivity index is -0.0000000450. The summed E-state index contributed by atoms with van der Waals surface area (Å²) in [6.07, 6.45) is 0. The zero-order valence-electron chi connectivity index (χ0n) is 5.71. The Morgan fingerprint density at radius 2 is 0.692 bits per heavy atom. The van der Waals surface area contributed by atoms with Gasteiger partial charge in [0.2, 0.25) is 0 Å². The normalized spacial score (nSPS) is 5.54. The summed E-state index contributed by atoms with van der Waals surface area (Å²) in [5.74, 6) is 0. The van der Waals surface area contributed by atoms with Crippen LogP contribution in [-0.2, 0) is 0 Å². The van der Waals surface area contributed by atoms with E-state index in [1.165, 1.54) is 0 Å². The Kier molecular flexibility index (Phi) is 29.7. The Morgan fingerprint density at radius 1 is 0.692 bits per heavy atom. The largest absolute Gasteiger partial charge is 0.328 e. The van der Waals surface area contributed by atoms with Crippen LogP contribution >= 0.6 is 0 Å². The Hall–Kier alpha value is -1.21. The van der Waals surface area contributed by atoms with Gasteiger partial charge in [-0.2, -0.15) is 0 Å². The van der Waals surface area contributed by atoms with Gasteiger partial charge in [-0.1, -0.05) is 0 Å². The maximum Gasteiger partial charge on any atom is 0.291 e. The van der Waals surface area contributed by atoms with Gasteiger partial charge in [0.15, 0.2) is 0 Å². The summed E-state index contributed by atoms with van der Waals surface area (Å²) >= 11 is 0. The van der Waals surface area contributed by atoms with Crippen LogP contribution in [0.1, 0.15) is 0 Å². The van der Waals surface area contributed by atoms with E-state index in [-0.39, 0.29) is 35.6 Å². The van der Waals surface area contributed by atoms with Crippen molar-refractivity contribution in [1.29, 1.82) is 0 Å². The third kappa shape index (κ3) is 575. The Bertz CT molecular complexity index is 112. The summed E-state index contributed by atoms with van der Waals surface area (Å²) in [4.78, 5) is 25.1. The fourth-order valence-corrected chi connectivity index (χ4v) is 0. The summed E-state index contributed by atoms with van der Waals surface area (Å²) in [6, 6.07) is 0. The van der Waals surface area contributed by atoms with Crippen LogP contribution in [0.25, 0.3) is 0 Å². The van der Waals surface area contributed by atoms with Crippen molar-refractivity contribution in [1.82, 2.24) is 0 Å². The molecule has 0 rings (SSSR count). The zero-order chi connectivity index (χ0) is 10.7. The van der Waals surface area contributed by atoms with E-state index in [9.17, 15) is 0 Å². The molecule has 0 aromatic heterocycles. The van der Waals surface area contributed by atoms with Gasteiger partial charge in [-0.15, -0.1) is 30.3 Å². The van der Waals surface area contributed by atoms with Crippen LogP contribution in [-0.4, -0.2) is 30.9 Å². The molecule has 0 heterocycles. The first-order chi connectivity index (χ1) is 5.20. The molecule has 0 aliphatic rings. The quantitative estimate of drug-likeness (QED) is 0.368. The summed E-state index contributed by atoms with van der Waals surface area (Å²) in [5.41, 5.74) is 0. The first-order valence-corrected chi connectivity index (χ1v) is 1.70. The zero-order valence-corrected chi connectivity index (χ0v) is 9.34. The van der Waals surface area contributed by atoms with Crippen LogP contribution in [0, 0.1) is 65.9 Å². The van der Waals surface area contributed by atoms with Crippen LogP contribution in [0.5, 0.6) is 0 Å². The summed E-state index contributed by atoms with van der Waals surface area (Å²) in [6.45, 7) is 0. The molecule has 75 valence electrons. The van der Waals surface area contributed by atoms with Crippen LogP contribution in [0.15, 0.2) is 0 Å². The van der Waals surface area contributed by atoms with Crippen molar-refractivity contribution in [3.05, 3.63) is 30.3 Å². The molecule has 3 N–H and O–H groups in total. The van der Waals surface area contributed by atoms with Gasteiger partial charge >= 0.3 is 0 Å². The van der Waals surface area contributed by atoms with Gasteiger partial charge in [-0.25, -0.2) is 0 Å². The molecule has 1 radical (unpaired) electrons. The molecule has 0 aliphatic heterocycles. The molecular weight excluding hydrogens is 325 g/mol. The predicted octanol–water partition coefficient (Wildman–Crippen LogP) is -1.04. The third-order valence-electron chi connectivity index (χ3n) is 0. The van der Waals surface area contributed by atoms with Crippen molar-refractivity contribution in [2.24, 2.45) is 0 Å². The summed E-state index contributed by atoms with van der Waals surface area (Å²) in [5, 5.41) is 40.9. The molecule has 0 saturated heterocycles. The van der Waals surface area contributed by atoms with E-state index in [0.29, 0.717) is 0 Å². The van der Waals surface area contributed by atoms with Gasteiger partial charge in [0.25, 0.3) is 15.3 Å². The molecule has 0 bridgehead atoms. The van der Waals surface area contributed by atoms with Gasteiger partial charge in [0, 0.05) is 35.6 Å². The summed E-state index contributed by atoms with van der Waals surface area (Å²) < 4.78 is 0. The molecule has 13 heavy (non-hydrogen) atoms. The first-order valence-electron chi connectivity index (χ1n) is 1.70. The number of hydrogen-bond donors (Lipinski definition) is 3. The van der Waals surface area contributed by atoms with Crippen molar-refractivity contribution in [2.75, 3.05) is 0 Å². The van der Waals surface area contributed by atoms with E-state index < -0.39 is 15.3 Å². The van der Waals surface area contributed by atoms with Crippen molar-refractivity contribution in [2.45, 2.75) is 0 Å². The van der Waals surface area contributed by atoms with Gasteiger partial charge in [0.05, 0.1) is 0 Å². The monoisotopic (exact) mass is 328 g/mol. The first kappa shape index (κ1) is 22.6. The van der Waals surface area contributed by atoms with E-state index >= 15 is 0 Å². The fraction of sp³-hybridized carbons (Fsp3) is 0. The second kappa shape index (κ2) is 17.0. The molecule has 12 nitrogen and oxygen atoms in total. The maximum atomic E-state index is 8.36. The molecule has 0 fully saturated rings. The number of hydrogen-bond acceptors (Lipinski definition) is 6. The van der Waals surface area contributed by atoms with Crippen molar-refractivity contribution < 1.29 is 66.5 Å². The van der Waals surface area contributed by atoms with Gasteiger partial charge in [0.1, 0.15) is 0 Å². The molecule has 0 amide bonds. The molecule has 0 aromatic rings. The minimum absolute atomic E-state index is 0. The van der Waals surface area contributed by atoms with Crippen LogP contribution in [0.4, 0.5) is 0 Å². The van der Waals surface area contributed by atoms with E-state index in [1.807, 2.05) is 0 Å². The molecule has 0 unspecified atom stereocenters. The van der Waals surface area contributed by atoms with E-state index in [0.717, 1.165) is 0 Å². The smallest absolute Gasteiger partial charge is 0.291 e. The van der Waals surface area contributed by atoms with Crippen LogP contribution in [0.3, 0.4) is 0 Å². The van der Waals surface area contributed by atoms with Crippen molar-refractivity contribution in [3.63, 3.8) is 0 Å². The predicted molar refractivity (Wildman–Crippen MR) is 26.3 cm³/mol. The molecule has 0 saturated carbocycles. The SMILES string of the molecule is O=[N+]([O-])O.O=[N+]([O-])O.O=[N+]([O-])O.[La]. The van der Waals surface area contributed by atoms with E-state index in [1.54, 1.807) is 0 Å². The van der Waals surface area contributed by atoms with E-state index in [4.69, 9.17) is 46.0 Å². The molecular formula is H3LaN3O9. The van der Waals surface area contributed by atoms with Crippen molar-refractivity contribution in [3.8, 4) is 0 Å². The third-order valence-corrected chi connectivity index (χ3v) is 0.